The minimum absolute atomic E-state index is 0.979. The minimum Gasteiger partial charge on any atom is -0.355 e. The van der Waals surface area contributed by atoms with Crippen molar-refractivity contribution in [1.82, 2.24) is 4.57 Å². The maximum absolute atomic E-state index is 3.77. The molecule has 8 rings (SSSR count). The Balaban J connectivity index is 1.45. The van der Waals surface area contributed by atoms with Gasteiger partial charge in [0.2, 0.25) is 0 Å². The molecule has 1 N–H and O–H groups in total. The van der Waals surface area contributed by atoms with Gasteiger partial charge in [-0.25, -0.2) is 0 Å². The molecule has 0 saturated heterocycles. The minimum atomic E-state index is 0.979. The van der Waals surface area contributed by atoms with Crippen LogP contribution in [0.25, 0.3) is 62.4 Å². The standard InChI is InChI=1S/C53H52N2/c1-5-8-22-39(20-6-2)41-33-38(34-42(36-41)40-23-12-9-13-24-40)35-44(21-7-3)55-50-32-31-49(54-43-25-14-10-15-26-43)37(4)51(50)52-47-29-19-18-28-45(47)46-27-16-11-17-30-48(46)53(52)55/h7-10,12-15,17,19-26,29-36,54H,5-6,11,16,18,27-28H2,1-4H3/b21-7-,22-8-,39-20+,44-35-. The van der Waals surface area contributed by atoms with Gasteiger partial charge in [-0.15, -0.1) is 0 Å². The average Bonchev–Trinajstić information content (AvgIpc) is 3.37. The van der Waals surface area contributed by atoms with E-state index in [-0.39, 0.29) is 0 Å². The van der Waals surface area contributed by atoms with Crippen molar-refractivity contribution in [1.29, 1.82) is 0 Å². The van der Waals surface area contributed by atoms with E-state index in [1.807, 2.05) is 0 Å². The molecule has 0 atom stereocenters. The van der Waals surface area contributed by atoms with Crippen molar-refractivity contribution in [2.24, 2.45) is 0 Å². The first-order valence-corrected chi connectivity index (χ1v) is 20.3. The van der Waals surface area contributed by atoms with Crippen molar-refractivity contribution in [3.63, 3.8) is 0 Å². The second kappa shape index (κ2) is 16.2. The maximum Gasteiger partial charge on any atom is 0.0622 e. The van der Waals surface area contributed by atoms with Crippen molar-refractivity contribution in [2.45, 2.75) is 72.6 Å². The smallest absolute Gasteiger partial charge is 0.0622 e. The summed E-state index contributed by atoms with van der Waals surface area (Å²) in [5.74, 6) is 0. The lowest BCUT2D eigenvalue weighted by Gasteiger charge is -2.21. The number of hydrogen-bond donors (Lipinski definition) is 1. The average molecular weight is 717 g/mol. The summed E-state index contributed by atoms with van der Waals surface area (Å²) in [7, 11) is 0. The monoisotopic (exact) mass is 716 g/mol. The van der Waals surface area contributed by atoms with Gasteiger partial charge >= 0.3 is 0 Å². The van der Waals surface area contributed by atoms with E-state index in [2.05, 4.69) is 189 Å². The van der Waals surface area contributed by atoms with Gasteiger partial charge in [-0.3, -0.25) is 0 Å². The van der Waals surface area contributed by atoms with Crippen LogP contribution in [0.15, 0.2) is 134 Å². The largest absolute Gasteiger partial charge is 0.355 e. The third kappa shape index (κ3) is 7.10. The first-order chi connectivity index (χ1) is 27.1. The summed E-state index contributed by atoms with van der Waals surface area (Å²) in [6.45, 7) is 8.87. The maximum atomic E-state index is 3.77. The molecule has 0 spiro atoms. The molecule has 6 aromatic rings. The Morgan fingerprint density at radius 1 is 0.745 bits per heavy atom. The van der Waals surface area contributed by atoms with Crippen LogP contribution >= 0.6 is 0 Å². The molecule has 55 heavy (non-hydrogen) atoms. The molecule has 0 fully saturated rings. The van der Waals surface area contributed by atoms with Crippen molar-refractivity contribution in [3.8, 4) is 11.1 Å². The van der Waals surface area contributed by atoms with E-state index in [4.69, 9.17) is 0 Å². The van der Waals surface area contributed by atoms with Crippen LogP contribution < -0.4 is 5.32 Å². The van der Waals surface area contributed by atoms with E-state index in [1.54, 1.807) is 5.56 Å². The zero-order valence-electron chi connectivity index (χ0n) is 32.8. The van der Waals surface area contributed by atoms with Crippen LogP contribution in [-0.2, 0) is 12.8 Å². The predicted octanol–water partition coefficient (Wildman–Crippen LogP) is 15.2. The van der Waals surface area contributed by atoms with Gasteiger partial charge in [0.15, 0.2) is 0 Å². The Kier molecular flexibility index (Phi) is 10.7. The molecule has 5 aromatic carbocycles. The molecule has 2 nitrogen and oxygen atoms in total. The van der Waals surface area contributed by atoms with Gasteiger partial charge in [0.25, 0.3) is 0 Å². The molecule has 2 aliphatic rings. The van der Waals surface area contributed by atoms with E-state index < -0.39 is 0 Å². The highest BCUT2D eigenvalue weighted by Crippen LogP contribution is 2.46. The molecule has 2 aliphatic carbocycles. The summed E-state index contributed by atoms with van der Waals surface area (Å²) in [6.07, 6.45) is 31.1. The van der Waals surface area contributed by atoms with Crippen LogP contribution in [-0.4, -0.2) is 4.57 Å². The van der Waals surface area contributed by atoms with E-state index in [9.17, 15) is 0 Å². The molecule has 0 amide bonds. The molecule has 1 aromatic heterocycles. The number of nitrogens with zero attached hydrogens (tertiary/aromatic N) is 1. The van der Waals surface area contributed by atoms with Gasteiger partial charge in [0.05, 0.1) is 11.0 Å². The number of allylic oxidation sites excluding steroid dienone is 9. The third-order valence-electron chi connectivity index (χ3n) is 11.2. The molecule has 0 bridgehead atoms. The molecule has 2 heteroatoms. The van der Waals surface area contributed by atoms with E-state index in [1.165, 1.54) is 78.3 Å². The Bertz CT molecular complexity index is 2550. The number of aryl methyl sites for hydroxylation is 1. The zero-order valence-corrected chi connectivity index (χ0v) is 32.8. The predicted molar refractivity (Wildman–Crippen MR) is 242 cm³/mol. The molecule has 0 saturated carbocycles. The van der Waals surface area contributed by atoms with Crippen LogP contribution in [0.3, 0.4) is 0 Å². The Hall–Kier alpha value is -5.86. The first kappa shape index (κ1) is 36.1. The van der Waals surface area contributed by atoms with Gasteiger partial charge in [-0.05, 0) is 163 Å². The SMILES string of the molecule is C/C=C\C(=C\c1cc(C(/C=C\CC)=C/CC)cc(-c2ccccc2)c1)n1c2ccc(Nc3ccccc3)c(C)c2c2c3c(c4c(c21)C=CCCC4)CCC=C3. The van der Waals surface area contributed by atoms with Gasteiger partial charge < -0.3 is 9.88 Å². The lowest BCUT2D eigenvalue weighted by atomic mass is 9.84. The van der Waals surface area contributed by atoms with E-state index in [0.29, 0.717) is 0 Å². The third-order valence-corrected chi connectivity index (χ3v) is 11.2. The quantitative estimate of drug-likeness (QED) is 0.140. The van der Waals surface area contributed by atoms with Gasteiger partial charge in [0.1, 0.15) is 0 Å². The molecule has 0 radical (unpaired) electrons. The number of hydrogen-bond acceptors (Lipinski definition) is 1. The highest BCUT2D eigenvalue weighted by molar-refractivity contribution is 6.19. The summed E-state index contributed by atoms with van der Waals surface area (Å²) < 4.78 is 2.58. The summed E-state index contributed by atoms with van der Waals surface area (Å²) in [6, 6.07) is 33.1. The van der Waals surface area contributed by atoms with Crippen LogP contribution in [0.4, 0.5) is 11.4 Å². The second-order valence-electron chi connectivity index (χ2n) is 14.9. The van der Waals surface area contributed by atoms with Crippen LogP contribution in [0.1, 0.15) is 91.8 Å². The van der Waals surface area contributed by atoms with Crippen molar-refractivity contribution in [3.05, 3.63) is 172 Å². The van der Waals surface area contributed by atoms with Gasteiger partial charge in [0, 0.05) is 33.4 Å². The van der Waals surface area contributed by atoms with Gasteiger partial charge in [-0.1, -0.05) is 111 Å². The number of fused-ring (bicyclic) bond motifs is 8. The number of benzene rings is 5. The Labute approximate surface area is 327 Å². The lowest BCUT2D eigenvalue weighted by Crippen LogP contribution is -2.06. The van der Waals surface area contributed by atoms with Crippen molar-refractivity contribution < 1.29 is 0 Å². The van der Waals surface area contributed by atoms with Crippen LogP contribution in [0, 0.1) is 6.92 Å². The first-order valence-electron chi connectivity index (χ1n) is 20.3. The fourth-order valence-electron chi connectivity index (χ4n) is 8.70. The number of para-hydroxylation sites is 1. The normalized spacial score (nSPS) is 14.6. The Morgan fingerprint density at radius 3 is 2.29 bits per heavy atom. The molecule has 1 heterocycles. The van der Waals surface area contributed by atoms with Crippen LogP contribution in [0.2, 0.25) is 0 Å². The molecular weight excluding hydrogens is 665 g/mol. The highest BCUT2D eigenvalue weighted by atomic mass is 15.0. The van der Waals surface area contributed by atoms with Crippen LogP contribution in [0.5, 0.6) is 0 Å². The number of nitrogens with one attached hydrogen (secondary N) is 1. The zero-order chi connectivity index (χ0) is 37.7. The number of aromatic nitrogens is 1. The topological polar surface area (TPSA) is 17.0 Å². The second-order valence-corrected chi connectivity index (χ2v) is 14.9. The van der Waals surface area contributed by atoms with E-state index in [0.717, 1.165) is 55.6 Å². The highest BCUT2D eigenvalue weighted by Gasteiger charge is 2.27. The Morgan fingerprint density at radius 2 is 1.51 bits per heavy atom. The van der Waals surface area contributed by atoms with Crippen molar-refractivity contribution >= 4 is 62.7 Å². The molecule has 0 aliphatic heterocycles. The summed E-state index contributed by atoms with van der Waals surface area (Å²) in [4.78, 5) is 0. The molecular formula is C53H52N2. The fourth-order valence-corrected chi connectivity index (χ4v) is 8.70. The summed E-state index contributed by atoms with van der Waals surface area (Å²) in [5, 5.41) is 6.46. The lowest BCUT2D eigenvalue weighted by molar-refractivity contribution is 0.831. The summed E-state index contributed by atoms with van der Waals surface area (Å²) >= 11 is 0. The molecule has 0 unspecified atom stereocenters. The number of rotatable bonds is 10. The van der Waals surface area contributed by atoms with E-state index >= 15 is 0 Å². The summed E-state index contributed by atoms with van der Waals surface area (Å²) in [5.41, 5.74) is 19.2. The van der Waals surface area contributed by atoms with Gasteiger partial charge in [-0.2, -0.15) is 0 Å². The number of anilines is 2. The van der Waals surface area contributed by atoms with Crippen molar-refractivity contribution in [2.75, 3.05) is 5.32 Å². The fraction of sp³-hybridized carbons (Fsp3) is 0.208. The molecule has 274 valence electrons.